The number of pyridine rings is 1. The average Bonchev–Trinajstić information content (AvgIpc) is 2.37. The maximum Gasteiger partial charge on any atom is 0.129 e. The van der Waals surface area contributed by atoms with Gasteiger partial charge in [0.05, 0.1) is 0 Å². The largest absolute Gasteiger partial charge is 0.244 e. The lowest BCUT2D eigenvalue weighted by Crippen LogP contribution is -2.10. The summed E-state index contributed by atoms with van der Waals surface area (Å²) in [6.07, 6.45) is 1.83. The molecule has 0 atom stereocenters. The summed E-state index contributed by atoms with van der Waals surface area (Å²) in [7, 11) is 0. The highest BCUT2D eigenvalue weighted by Gasteiger charge is 2.12. The van der Waals surface area contributed by atoms with Crippen LogP contribution in [-0.4, -0.2) is 4.98 Å². The molecule has 0 aliphatic carbocycles. The van der Waals surface area contributed by atoms with Gasteiger partial charge in [-0.3, -0.25) is 0 Å². The van der Waals surface area contributed by atoms with Crippen LogP contribution < -0.4 is 0 Å². The second-order valence-corrected chi connectivity index (χ2v) is 6.99. The van der Waals surface area contributed by atoms with Gasteiger partial charge < -0.3 is 0 Å². The van der Waals surface area contributed by atoms with E-state index in [1.807, 2.05) is 30.1 Å². The summed E-state index contributed by atoms with van der Waals surface area (Å²) in [5, 5.41) is 0.545. The van der Waals surface area contributed by atoms with Gasteiger partial charge in [-0.25, -0.2) is 4.98 Å². The standard InChI is InChI=1S/C16H18ClNS/c1-16(2,3)13-5-7-14(8-6-13)19-11-12-4-9-15(17)18-10-12/h4-10H,11H2,1-3H3. The van der Waals surface area contributed by atoms with Gasteiger partial charge in [-0.05, 0) is 34.7 Å². The summed E-state index contributed by atoms with van der Waals surface area (Å²) >= 11 is 7.59. The maximum absolute atomic E-state index is 5.77. The Kier molecular flexibility index (Phi) is 4.54. The van der Waals surface area contributed by atoms with E-state index in [0.717, 1.165) is 5.75 Å². The molecule has 1 heterocycles. The van der Waals surface area contributed by atoms with E-state index in [0.29, 0.717) is 5.15 Å². The van der Waals surface area contributed by atoms with Crippen molar-refractivity contribution in [2.24, 2.45) is 0 Å². The SMILES string of the molecule is CC(C)(C)c1ccc(SCc2ccc(Cl)nc2)cc1. The molecule has 100 valence electrons. The number of hydrogen-bond acceptors (Lipinski definition) is 2. The zero-order chi connectivity index (χ0) is 13.9. The van der Waals surface area contributed by atoms with Gasteiger partial charge in [0, 0.05) is 16.8 Å². The molecule has 0 fully saturated rings. The minimum Gasteiger partial charge on any atom is -0.244 e. The van der Waals surface area contributed by atoms with Crippen LogP contribution in [0.15, 0.2) is 47.5 Å². The van der Waals surface area contributed by atoms with Crippen LogP contribution in [-0.2, 0) is 11.2 Å². The van der Waals surface area contributed by atoms with Gasteiger partial charge in [0.15, 0.2) is 0 Å². The quantitative estimate of drug-likeness (QED) is 0.560. The second kappa shape index (κ2) is 5.98. The first kappa shape index (κ1) is 14.4. The average molecular weight is 292 g/mol. The molecule has 0 unspecified atom stereocenters. The minimum absolute atomic E-state index is 0.212. The molecule has 0 saturated carbocycles. The van der Waals surface area contributed by atoms with Crippen molar-refractivity contribution in [3.8, 4) is 0 Å². The molecule has 0 aliphatic rings. The third-order valence-corrected chi connectivity index (χ3v) is 4.22. The van der Waals surface area contributed by atoms with E-state index in [4.69, 9.17) is 11.6 Å². The Morgan fingerprint density at radius 2 is 1.74 bits per heavy atom. The third-order valence-electron chi connectivity index (χ3n) is 2.91. The number of thioether (sulfide) groups is 1. The van der Waals surface area contributed by atoms with Gasteiger partial charge in [0.1, 0.15) is 5.15 Å². The molecule has 19 heavy (non-hydrogen) atoms. The van der Waals surface area contributed by atoms with Gasteiger partial charge in [-0.2, -0.15) is 0 Å². The Labute approximate surface area is 124 Å². The maximum atomic E-state index is 5.77. The molecule has 3 heteroatoms. The molecule has 2 aromatic rings. The van der Waals surface area contributed by atoms with Crippen molar-refractivity contribution in [2.45, 2.75) is 36.8 Å². The van der Waals surface area contributed by atoms with E-state index >= 15 is 0 Å². The van der Waals surface area contributed by atoms with E-state index < -0.39 is 0 Å². The normalized spacial score (nSPS) is 11.6. The fraction of sp³-hybridized carbons (Fsp3) is 0.312. The van der Waals surface area contributed by atoms with Crippen LogP contribution in [0.25, 0.3) is 0 Å². The lowest BCUT2D eigenvalue weighted by Gasteiger charge is -2.19. The summed E-state index contributed by atoms with van der Waals surface area (Å²) in [4.78, 5) is 5.37. The van der Waals surface area contributed by atoms with E-state index in [9.17, 15) is 0 Å². The molecular weight excluding hydrogens is 274 g/mol. The molecule has 0 amide bonds. The van der Waals surface area contributed by atoms with Crippen LogP contribution in [0.1, 0.15) is 31.9 Å². The van der Waals surface area contributed by atoms with E-state index in [2.05, 4.69) is 50.0 Å². The number of hydrogen-bond donors (Lipinski definition) is 0. The highest BCUT2D eigenvalue weighted by Crippen LogP contribution is 2.27. The van der Waals surface area contributed by atoms with Crippen LogP contribution in [0.2, 0.25) is 5.15 Å². The highest BCUT2D eigenvalue weighted by atomic mass is 35.5. The minimum atomic E-state index is 0.212. The number of aromatic nitrogens is 1. The summed E-state index contributed by atoms with van der Waals surface area (Å²) in [5.41, 5.74) is 2.77. The van der Waals surface area contributed by atoms with E-state index in [1.54, 1.807) is 0 Å². The number of halogens is 1. The first-order valence-corrected chi connectivity index (χ1v) is 7.65. The number of rotatable bonds is 3. The van der Waals surface area contributed by atoms with Crippen molar-refractivity contribution < 1.29 is 0 Å². The van der Waals surface area contributed by atoms with Crippen LogP contribution in [0.3, 0.4) is 0 Å². The predicted molar refractivity (Wildman–Crippen MR) is 84.0 cm³/mol. The van der Waals surface area contributed by atoms with Gasteiger partial charge in [-0.1, -0.05) is 50.6 Å². The van der Waals surface area contributed by atoms with Crippen LogP contribution >= 0.6 is 23.4 Å². The smallest absolute Gasteiger partial charge is 0.129 e. The summed E-state index contributed by atoms with van der Waals surface area (Å²) in [5.74, 6) is 0.916. The number of nitrogens with zero attached hydrogens (tertiary/aromatic N) is 1. The molecule has 0 saturated heterocycles. The van der Waals surface area contributed by atoms with Crippen molar-refractivity contribution in [3.63, 3.8) is 0 Å². The van der Waals surface area contributed by atoms with Crippen LogP contribution in [0, 0.1) is 0 Å². The Morgan fingerprint density at radius 3 is 2.26 bits per heavy atom. The molecule has 2 rings (SSSR count). The zero-order valence-electron chi connectivity index (χ0n) is 11.5. The van der Waals surface area contributed by atoms with E-state index in [1.165, 1.54) is 16.0 Å². The van der Waals surface area contributed by atoms with Crippen molar-refractivity contribution in [1.82, 2.24) is 4.98 Å². The molecule has 0 N–H and O–H groups in total. The van der Waals surface area contributed by atoms with Crippen LogP contribution in [0.4, 0.5) is 0 Å². The fourth-order valence-corrected chi connectivity index (χ4v) is 2.65. The number of benzene rings is 1. The molecular formula is C16H18ClNS. The first-order valence-electron chi connectivity index (χ1n) is 6.29. The Balaban J connectivity index is 1.98. The van der Waals surface area contributed by atoms with Gasteiger partial charge in [0.2, 0.25) is 0 Å². The van der Waals surface area contributed by atoms with Crippen LogP contribution in [0.5, 0.6) is 0 Å². The lowest BCUT2D eigenvalue weighted by molar-refractivity contribution is 0.590. The Morgan fingerprint density at radius 1 is 1.05 bits per heavy atom. The van der Waals surface area contributed by atoms with Crippen molar-refractivity contribution in [1.29, 1.82) is 0 Å². The summed E-state index contributed by atoms with van der Waals surface area (Å²) < 4.78 is 0. The first-order chi connectivity index (χ1) is 8.95. The monoisotopic (exact) mass is 291 g/mol. The molecule has 0 bridgehead atoms. The Bertz CT molecular complexity index is 526. The summed E-state index contributed by atoms with van der Waals surface area (Å²) in [6.45, 7) is 6.69. The van der Waals surface area contributed by atoms with Crippen molar-refractivity contribution in [2.75, 3.05) is 0 Å². The Hall–Kier alpha value is -0.990. The fourth-order valence-electron chi connectivity index (χ4n) is 1.71. The third kappa shape index (κ3) is 4.26. The van der Waals surface area contributed by atoms with Gasteiger partial charge in [-0.15, -0.1) is 11.8 Å². The van der Waals surface area contributed by atoms with Crippen molar-refractivity contribution >= 4 is 23.4 Å². The zero-order valence-corrected chi connectivity index (χ0v) is 13.1. The molecule has 1 nitrogen and oxygen atoms in total. The van der Waals surface area contributed by atoms with E-state index in [-0.39, 0.29) is 5.41 Å². The molecule has 1 aromatic heterocycles. The summed E-state index contributed by atoms with van der Waals surface area (Å²) in [6, 6.07) is 12.7. The van der Waals surface area contributed by atoms with Crippen molar-refractivity contribution in [3.05, 3.63) is 58.9 Å². The topological polar surface area (TPSA) is 12.9 Å². The highest BCUT2D eigenvalue weighted by molar-refractivity contribution is 7.98. The lowest BCUT2D eigenvalue weighted by atomic mass is 9.87. The predicted octanol–water partition coefficient (Wildman–Crippen LogP) is 5.32. The van der Waals surface area contributed by atoms with Gasteiger partial charge >= 0.3 is 0 Å². The molecule has 1 aromatic carbocycles. The molecule has 0 radical (unpaired) electrons. The second-order valence-electron chi connectivity index (χ2n) is 5.55. The molecule has 0 spiro atoms. The van der Waals surface area contributed by atoms with Gasteiger partial charge in [0.25, 0.3) is 0 Å². The molecule has 0 aliphatic heterocycles.